The van der Waals surface area contributed by atoms with Crippen LogP contribution >= 0.6 is 0 Å². The van der Waals surface area contributed by atoms with Crippen LogP contribution in [-0.2, 0) is 6.42 Å². The molecule has 0 unspecified atom stereocenters. The Bertz CT molecular complexity index is 973. The van der Waals surface area contributed by atoms with E-state index in [-0.39, 0.29) is 0 Å². The van der Waals surface area contributed by atoms with Crippen LogP contribution in [0.5, 0.6) is 5.75 Å². The average Bonchev–Trinajstić information content (AvgIpc) is 2.79. The summed E-state index contributed by atoms with van der Waals surface area (Å²) in [6.07, 6.45) is 9.94. The minimum absolute atomic E-state index is 0.798. The number of hydrogen-bond acceptors (Lipinski definition) is 1. The van der Waals surface area contributed by atoms with Crippen molar-refractivity contribution in [2.24, 2.45) is 0 Å². The third kappa shape index (κ3) is 6.96. The first-order chi connectivity index (χ1) is 14.8. The lowest BCUT2D eigenvalue weighted by Gasteiger charge is -2.06. The Morgan fingerprint density at radius 3 is 2.10 bits per heavy atom. The van der Waals surface area contributed by atoms with Gasteiger partial charge in [-0.3, -0.25) is 0 Å². The van der Waals surface area contributed by atoms with Gasteiger partial charge in [0, 0.05) is 11.1 Å². The van der Waals surface area contributed by atoms with Gasteiger partial charge < -0.3 is 4.74 Å². The minimum atomic E-state index is 0.798. The lowest BCUT2D eigenvalue weighted by molar-refractivity contribution is 0.304. The zero-order valence-corrected chi connectivity index (χ0v) is 18.5. The van der Waals surface area contributed by atoms with E-state index in [0.717, 1.165) is 36.3 Å². The van der Waals surface area contributed by atoms with Gasteiger partial charge in [0.05, 0.1) is 6.61 Å². The minimum Gasteiger partial charge on any atom is -0.494 e. The van der Waals surface area contributed by atoms with Crippen molar-refractivity contribution >= 4 is 10.8 Å². The second-order valence-electron chi connectivity index (χ2n) is 8.04. The number of fused-ring (bicyclic) bond motifs is 1. The molecule has 0 atom stereocenters. The molecule has 0 saturated heterocycles. The van der Waals surface area contributed by atoms with Crippen LogP contribution in [0.25, 0.3) is 10.8 Å². The molecule has 0 aromatic heterocycles. The maximum absolute atomic E-state index is 5.84. The summed E-state index contributed by atoms with van der Waals surface area (Å²) < 4.78 is 5.84. The van der Waals surface area contributed by atoms with Gasteiger partial charge in [0.15, 0.2) is 0 Å². The molecule has 1 nitrogen and oxygen atoms in total. The van der Waals surface area contributed by atoms with Crippen LogP contribution in [0.4, 0.5) is 0 Å². The van der Waals surface area contributed by atoms with E-state index in [0.29, 0.717) is 0 Å². The SMILES string of the molecule is CCCCCCCOc1ccc(C#Cc2ccc3cc(CCCC)ccc3c2)cc1. The molecule has 0 N–H and O–H groups in total. The lowest BCUT2D eigenvalue weighted by atomic mass is 10.0. The highest BCUT2D eigenvalue weighted by Gasteiger charge is 1.99. The van der Waals surface area contributed by atoms with Crippen molar-refractivity contribution in [3.05, 3.63) is 77.4 Å². The van der Waals surface area contributed by atoms with Gasteiger partial charge in [-0.25, -0.2) is 0 Å². The highest BCUT2D eigenvalue weighted by molar-refractivity contribution is 5.84. The summed E-state index contributed by atoms with van der Waals surface area (Å²) in [7, 11) is 0. The molecule has 1 heteroatoms. The molecule has 0 aliphatic heterocycles. The maximum Gasteiger partial charge on any atom is 0.119 e. The summed E-state index contributed by atoms with van der Waals surface area (Å²) in [4.78, 5) is 0. The molecular weight excluding hydrogens is 364 g/mol. The molecule has 0 aliphatic rings. The first-order valence-corrected chi connectivity index (χ1v) is 11.6. The molecule has 3 rings (SSSR count). The molecule has 0 aliphatic carbocycles. The topological polar surface area (TPSA) is 9.23 Å². The fraction of sp³-hybridized carbons (Fsp3) is 0.379. The Morgan fingerprint density at radius 1 is 0.633 bits per heavy atom. The summed E-state index contributed by atoms with van der Waals surface area (Å²) in [6, 6.07) is 21.4. The van der Waals surface area contributed by atoms with E-state index >= 15 is 0 Å². The summed E-state index contributed by atoms with van der Waals surface area (Å²) >= 11 is 0. The first-order valence-electron chi connectivity index (χ1n) is 11.6. The smallest absolute Gasteiger partial charge is 0.119 e. The number of aryl methyl sites for hydroxylation is 1. The zero-order valence-electron chi connectivity index (χ0n) is 18.5. The van der Waals surface area contributed by atoms with E-state index in [1.807, 2.05) is 24.3 Å². The molecule has 0 heterocycles. The van der Waals surface area contributed by atoms with Crippen LogP contribution in [0.15, 0.2) is 60.7 Å². The number of rotatable bonds is 10. The van der Waals surface area contributed by atoms with Crippen molar-refractivity contribution in [3.63, 3.8) is 0 Å². The van der Waals surface area contributed by atoms with Crippen molar-refractivity contribution in [2.45, 2.75) is 65.2 Å². The van der Waals surface area contributed by atoms with Crippen LogP contribution < -0.4 is 4.74 Å². The molecule has 0 fully saturated rings. The van der Waals surface area contributed by atoms with E-state index < -0.39 is 0 Å². The molecule has 0 saturated carbocycles. The molecule has 0 amide bonds. The molecule has 0 spiro atoms. The molecule has 156 valence electrons. The quantitative estimate of drug-likeness (QED) is 0.249. The average molecular weight is 399 g/mol. The predicted molar refractivity (Wildman–Crippen MR) is 129 cm³/mol. The first kappa shape index (κ1) is 22.0. The van der Waals surface area contributed by atoms with E-state index in [9.17, 15) is 0 Å². The fourth-order valence-corrected chi connectivity index (χ4v) is 3.58. The molecule has 30 heavy (non-hydrogen) atoms. The standard InChI is InChI=1S/C29H34O/c1-3-5-7-8-9-21-30-29-19-15-24(16-20-29)11-12-26-14-18-27-22-25(10-6-4-2)13-17-28(27)23-26/h13-20,22-23H,3-10,21H2,1-2H3. The van der Waals surface area contributed by atoms with Gasteiger partial charge in [-0.05, 0) is 72.0 Å². The van der Waals surface area contributed by atoms with Crippen molar-refractivity contribution in [1.29, 1.82) is 0 Å². The van der Waals surface area contributed by atoms with Gasteiger partial charge in [-0.1, -0.05) is 82.1 Å². The van der Waals surface area contributed by atoms with Gasteiger partial charge in [-0.2, -0.15) is 0 Å². The molecule has 0 radical (unpaired) electrons. The third-order valence-corrected chi connectivity index (χ3v) is 5.45. The van der Waals surface area contributed by atoms with Gasteiger partial charge in [-0.15, -0.1) is 0 Å². The fourth-order valence-electron chi connectivity index (χ4n) is 3.58. The summed E-state index contributed by atoms with van der Waals surface area (Å²) in [5.74, 6) is 7.51. The largest absolute Gasteiger partial charge is 0.494 e. The van der Waals surface area contributed by atoms with Crippen LogP contribution in [0, 0.1) is 11.8 Å². The summed E-state index contributed by atoms with van der Waals surface area (Å²) in [6.45, 7) is 5.28. The van der Waals surface area contributed by atoms with Crippen LogP contribution in [0.3, 0.4) is 0 Å². The van der Waals surface area contributed by atoms with Gasteiger partial charge >= 0.3 is 0 Å². The number of hydrogen-bond donors (Lipinski definition) is 0. The molecule has 3 aromatic rings. The van der Waals surface area contributed by atoms with E-state index in [1.54, 1.807) is 0 Å². The number of benzene rings is 3. The second-order valence-corrected chi connectivity index (χ2v) is 8.04. The van der Waals surface area contributed by atoms with Crippen molar-refractivity contribution in [3.8, 4) is 17.6 Å². The molecular formula is C29H34O. The van der Waals surface area contributed by atoms with Gasteiger partial charge in [0.25, 0.3) is 0 Å². The molecule has 3 aromatic carbocycles. The van der Waals surface area contributed by atoms with Crippen molar-refractivity contribution in [1.82, 2.24) is 0 Å². The number of ether oxygens (including phenoxy) is 1. The van der Waals surface area contributed by atoms with Crippen LogP contribution in [-0.4, -0.2) is 6.61 Å². The Morgan fingerprint density at radius 2 is 1.30 bits per heavy atom. The van der Waals surface area contributed by atoms with Gasteiger partial charge in [0.2, 0.25) is 0 Å². The van der Waals surface area contributed by atoms with E-state index in [1.165, 1.54) is 54.9 Å². The Hall–Kier alpha value is -2.72. The second kappa shape index (κ2) is 12.1. The normalized spacial score (nSPS) is 10.6. The van der Waals surface area contributed by atoms with Gasteiger partial charge in [0.1, 0.15) is 5.75 Å². The third-order valence-electron chi connectivity index (χ3n) is 5.45. The van der Waals surface area contributed by atoms with E-state index in [2.05, 4.69) is 62.1 Å². The highest BCUT2D eigenvalue weighted by Crippen LogP contribution is 2.19. The summed E-state index contributed by atoms with van der Waals surface area (Å²) in [5, 5.41) is 2.55. The van der Waals surface area contributed by atoms with E-state index in [4.69, 9.17) is 4.74 Å². The monoisotopic (exact) mass is 398 g/mol. The Kier molecular flexibility index (Phi) is 8.85. The summed E-state index contributed by atoms with van der Waals surface area (Å²) in [5.41, 5.74) is 3.49. The predicted octanol–water partition coefficient (Wildman–Crippen LogP) is 7.93. The Labute approximate surface area is 182 Å². The van der Waals surface area contributed by atoms with Crippen molar-refractivity contribution in [2.75, 3.05) is 6.61 Å². The van der Waals surface area contributed by atoms with Crippen LogP contribution in [0.2, 0.25) is 0 Å². The molecule has 0 bridgehead atoms. The lowest BCUT2D eigenvalue weighted by Crippen LogP contribution is -1.97. The van der Waals surface area contributed by atoms with Crippen molar-refractivity contribution < 1.29 is 4.74 Å². The number of unbranched alkanes of at least 4 members (excludes halogenated alkanes) is 5. The zero-order chi connectivity index (χ0) is 21.0. The Balaban J connectivity index is 1.56. The van der Waals surface area contributed by atoms with Crippen LogP contribution in [0.1, 0.15) is 75.5 Å². The maximum atomic E-state index is 5.84. The highest BCUT2D eigenvalue weighted by atomic mass is 16.5.